The molecule has 0 spiro atoms. The van der Waals surface area contributed by atoms with E-state index in [1.807, 2.05) is 0 Å². The Morgan fingerprint density at radius 1 is 0.900 bits per heavy atom. The summed E-state index contributed by atoms with van der Waals surface area (Å²) in [5, 5.41) is 80.9. The molecule has 2 aliphatic heterocycles. The Kier molecular flexibility index (Phi) is 7.33. The first-order valence-corrected chi connectivity index (χ1v) is 12.3. The number of aliphatic hydroxyl groups excluding tert-OH is 6. The van der Waals surface area contributed by atoms with Gasteiger partial charge in [-0.15, -0.1) is 0 Å². The highest BCUT2D eigenvalue weighted by Crippen LogP contribution is 2.41. The molecule has 0 radical (unpaired) electrons. The smallest absolute Gasteiger partial charge is 0.229 e. The van der Waals surface area contributed by atoms with Crippen molar-refractivity contribution in [2.75, 3.05) is 19.8 Å². The van der Waals surface area contributed by atoms with E-state index in [-0.39, 0.29) is 28.0 Å². The highest BCUT2D eigenvalue weighted by molar-refractivity contribution is 6.30. The van der Waals surface area contributed by atoms with Gasteiger partial charge < -0.3 is 59.8 Å². The second-order valence-electron chi connectivity index (χ2n) is 10.0. The van der Waals surface area contributed by atoms with Crippen molar-refractivity contribution in [1.82, 2.24) is 0 Å². The van der Waals surface area contributed by atoms with Gasteiger partial charge in [-0.2, -0.15) is 0 Å². The summed E-state index contributed by atoms with van der Waals surface area (Å²) in [6.07, 6.45) is -11.7. The summed E-state index contributed by atoms with van der Waals surface area (Å²) >= 11 is 0. The zero-order valence-corrected chi connectivity index (χ0v) is 21.0. The molecule has 40 heavy (non-hydrogen) atoms. The van der Waals surface area contributed by atoms with Crippen molar-refractivity contribution in [2.45, 2.75) is 55.6 Å². The van der Waals surface area contributed by atoms with Crippen molar-refractivity contribution in [3.8, 4) is 17.2 Å². The molecule has 2 heterocycles. The number of fused-ring (bicyclic) bond motifs is 2. The molecule has 2 fully saturated rings. The van der Waals surface area contributed by atoms with Crippen LogP contribution in [0.3, 0.4) is 0 Å². The van der Waals surface area contributed by atoms with E-state index in [4.69, 9.17) is 18.9 Å². The van der Waals surface area contributed by atoms with Gasteiger partial charge in [0.2, 0.25) is 18.4 Å². The molecule has 8 N–H and O–H groups in total. The maximum absolute atomic E-state index is 13.6. The fourth-order valence-corrected chi connectivity index (χ4v) is 4.94. The summed E-state index contributed by atoms with van der Waals surface area (Å²) in [6.45, 7) is -0.454. The van der Waals surface area contributed by atoms with Crippen LogP contribution in [0.15, 0.2) is 24.3 Å². The first-order chi connectivity index (χ1) is 18.9. The van der Waals surface area contributed by atoms with E-state index >= 15 is 0 Å². The van der Waals surface area contributed by atoms with E-state index in [2.05, 4.69) is 0 Å². The van der Waals surface area contributed by atoms with Crippen LogP contribution in [0.1, 0.15) is 37.4 Å². The zero-order chi connectivity index (χ0) is 29.1. The average Bonchev–Trinajstić information content (AvgIpc) is 3.20. The molecule has 2 aromatic rings. The number of phenols is 1. The minimum Gasteiger partial charge on any atom is -0.507 e. The third-order valence-electron chi connectivity index (χ3n) is 7.20. The van der Waals surface area contributed by atoms with Gasteiger partial charge >= 0.3 is 0 Å². The first kappa shape index (κ1) is 28.4. The summed E-state index contributed by atoms with van der Waals surface area (Å²) in [6, 6.07) is 4.96. The Hall–Kier alpha value is -3.18. The minimum absolute atomic E-state index is 0.0993. The molecule has 0 bridgehead atoms. The molecule has 2 aromatic carbocycles. The molecule has 0 unspecified atom stereocenters. The number of hydrogen-bond acceptors (Lipinski definition) is 14. The lowest BCUT2D eigenvalue weighted by Gasteiger charge is -2.40. The van der Waals surface area contributed by atoms with E-state index in [0.717, 1.165) is 12.1 Å². The minimum atomic E-state index is -2.02. The number of hydrogen-bond donors (Lipinski definition) is 8. The lowest BCUT2D eigenvalue weighted by atomic mass is 9.82. The molecule has 0 saturated carbocycles. The lowest BCUT2D eigenvalue weighted by molar-refractivity contribution is -0.277. The van der Waals surface area contributed by atoms with Crippen LogP contribution >= 0.6 is 0 Å². The van der Waals surface area contributed by atoms with Crippen LogP contribution in [0.25, 0.3) is 0 Å². The summed E-state index contributed by atoms with van der Waals surface area (Å²) in [4.78, 5) is 27.2. The molecule has 216 valence electrons. The average molecular weight is 564 g/mol. The summed E-state index contributed by atoms with van der Waals surface area (Å²) in [5.74, 6) is -2.59. The molecule has 0 aromatic heterocycles. The lowest BCUT2D eigenvalue weighted by Crippen LogP contribution is -2.60. The highest BCUT2D eigenvalue weighted by Gasteiger charge is 2.50. The fraction of sp³-hybridized carbons (Fsp3) is 0.462. The van der Waals surface area contributed by atoms with Crippen LogP contribution < -0.4 is 9.47 Å². The predicted octanol–water partition coefficient (Wildman–Crippen LogP) is -2.53. The molecule has 0 amide bonds. The number of aliphatic hydroxyl groups is 7. The van der Waals surface area contributed by atoms with Gasteiger partial charge in [-0.05, 0) is 30.7 Å². The van der Waals surface area contributed by atoms with Gasteiger partial charge in [0.05, 0.1) is 30.9 Å². The van der Waals surface area contributed by atoms with Crippen LogP contribution in [-0.2, 0) is 9.47 Å². The maximum atomic E-state index is 13.6. The molecular weight excluding hydrogens is 536 g/mol. The first-order valence-electron chi connectivity index (χ1n) is 12.3. The van der Waals surface area contributed by atoms with Crippen LogP contribution in [-0.4, -0.2) is 121 Å². The fourth-order valence-electron chi connectivity index (χ4n) is 4.94. The normalized spacial score (nSPS) is 33.5. The van der Waals surface area contributed by atoms with Gasteiger partial charge in [-0.3, -0.25) is 9.59 Å². The highest BCUT2D eigenvalue weighted by atomic mass is 16.7. The van der Waals surface area contributed by atoms with Gasteiger partial charge in [-0.1, -0.05) is 0 Å². The van der Waals surface area contributed by atoms with Gasteiger partial charge in [-0.25, -0.2) is 0 Å². The Bertz CT molecular complexity index is 1340. The monoisotopic (exact) mass is 564 g/mol. The summed E-state index contributed by atoms with van der Waals surface area (Å²) in [7, 11) is 0. The van der Waals surface area contributed by atoms with E-state index < -0.39 is 91.6 Å². The third kappa shape index (κ3) is 4.52. The van der Waals surface area contributed by atoms with Crippen LogP contribution in [0.4, 0.5) is 0 Å². The molecule has 8 atom stereocenters. The number of aromatic hydroxyl groups is 1. The molecular formula is C26H28O14. The second-order valence-corrected chi connectivity index (χ2v) is 10.0. The Morgan fingerprint density at radius 2 is 1.60 bits per heavy atom. The van der Waals surface area contributed by atoms with Crippen molar-refractivity contribution in [3.05, 3.63) is 52.1 Å². The largest absolute Gasteiger partial charge is 0.507 e. The Balaban J connectivity index is 1.59. The van der Waals surface area contributed by atoms with Gasteiger partial charge in [0.15, 0.2) is 5.78 Å². The SMILES string of the molecule is Cc1cc(O)c2c(c1)C(=O)c1cc(O[C@@H]3OC[C@](O)(CO)[C@H]3O)cc(O[C@@H]3O[C@H](CO)[C@@H](O)[C@H](O)[C@H]3O)c1C2=O. The number of carbonyl (C=O) groups is 2. The zero-order valence-electron chi connectivity index (χ0n) is 21.0. The molecule has 2 saturated heterocycles. The number of benzene rings is 2. The Labute approximate surface area is 226 Å². The maximum Gasteiger partial charge on any atom is 0.229 e. The third-order valence-corrected chi connectivity index (χ3v) is 7.20. The standard InChI is InChI=1S/C26H28O14/c1-9-2-11-16(13(29)3-9)20(32)17-12(18(11)30)4-10(38-25-23(35)26(36,7-28)8-37-25)5-14(17)39-24-22(34)21(33)19(31)15(6-27)40-24/h2-5,15,19,21-25,27-29,31,33-36H,6-8H2,1H3/t15-,19-,21+,22-,23+,24-,25+,26-/m1/s1. The van der Waals surface area contributed by atoms with Gasteiger partial charge in [0.1, 0.15) is 53.4 Å². The topological polar surface area (TPSA) is 233 Å². The summed E-state index contributed by atoms with van der Waals surface area (Å²) in [5.41, 5.74) is -2.51. The van der Waals surface area contributed by atoms with Crippen LogP contribution in [0.5, 0.6) is 17.2 Å². The van der Waals surface area contributed by atoms with Crippen molar-refractivity contribution < 1.29 is 69.4 Å². The van der Waals surface area contributed by atoms with E-state index in [0.29, 0.717) is 5.56 Å². The number of phenolic OH excluding ortho intramolecular Hbond substituents is 1. The van der Waals surface area contributed by atoms with Crippen molar-refractivity contribution in [2.24, 2.45) is 0 Å². The molecule has 3 aliphatic rings. The quantitative estimate of drug-likeness (QED) is 0.154. The number of aryl methyl sites for hydroxylation is 1. The summed E-state index contributed by atoms with van der Waals surface area (Å²) < 4.78 is 22.0. The van der Waals surface area contributed by atoms with E-state index in [1.165, 1.54) is 12.1 Å². The Morgan fingerprint density at radius 3 is 2.25 bits per heavy atom. The number of ketones is 2. The number of ether oxygens (including phenoxy) is 4. The molecule has 5 rings (SSSR count). The number of carbonyl (C=O) groups excluding carboxylic acids is 2. The van der Waals surface area contributed by atoms with Crippen LogP contribution in [0.2, 0.25) is 0 Å². The molecule has 1 aliphatic carbocycles. The van der Waals surface area contributed by atoms with Gasteiger partial charge in [0.25, 0.3) is 0 Å². The van der Waals surface area contributed by atoms with E-state index in [9.17, 15) is 50.4 Å². The predicted molar refractivity (Wildman–Crippen MR) is 129 cm³/mol. The van der Waals surface area contributed by atoms with Gasteiger partial charge in [0, 0.05) is 17.2 Å². The molecule has 14 heteroatoms. The number of rotatable bonds is 6. The second kappa shape index (κ2) is 10.3. The van der Waals surface area contributed by atoms with Crippen molar-refractivity contribution in [1.29, 1.82) is 0 Å². The molecule has 14 nitrogen and oxygen atoms in total. The van der Waals surface area contributed by atoms with Crippen molar-refractivity contribution >= 4 is 11.6 Å². The van der Waals surface area contributed by atoms with Crippen LogP contribution in [0, 0.1) is 6.92 Å². The van der Waals surface area contributed by atoms with E-state index in [1.54, 1.807) is 6.92 Å². The van der Waals surface area contributed by atoms with Crippen molar-refractivity contribution in [3.63, 3.8) is 0 Å².